The highest BCUT2D eigenvalue weighted by Crippen LogP contribution is 2.48. The molecule has 1 aromatic carbocycles. The molecule has 0 bridgehead atoms. The van der Waals surface area contributed by atoms with E-state index in [0.717, 1.165) is 16.6 Å². The molecule has 4 aromatic rings. The Morgan fingerprint density at radius 3 is 2.57 bits per heavy atom. The number of nitrogens with zero attached hydrogens (tertiary/aromatic N) is 6. The maximum Gasteiger partial charge on any atom is 0.233 e. The van der Waals surface area contributed by atoms with Crippen LogP contribution in [0.4, 0.5) is 0 Å². The predicted molar refractivity (Wildman–Crippen MR) is 104 cm³/mol. The molecule has 0 radical (unpaired) electrons. The second-order valence-electron chi connectivity index (χ2n) is 7.00. The minimum atomic E-state index is -0.783. The number of primary amides is 1. The summed E-state index contributed by atoms with van der Waals surface area (Å²) in [6.45, 7) is 2.77. The van der Waals surface area contributed by atoms with E-state index in [1.165, 1.54) is 0 Å². The van der Waals surface area contributed by atoms with Gasteiger partial charge in [0.1, 0.15) is 5.41 Å². The maximum atomic E-state index is 12.2. The third-order valence-electron chi connectivity index (χ3n) is 5.34. The molecule has 1 aliphatic carbocycles. The number of fused-ring (bicyclic) bond motifs is 1. The van der Waals surface area contributed by atoms with Crippen LogP contribution in [0.1, 0.15) is 25.6 Å². The van der Waals surface area contributed by atoms with Crippen molar-refractivity contribution in [1.82, 2.24) is 29.3 Å². The summed E-state index contributed by atoms with van der Waals surface area (Å²) >= 11 is 0. The molecule has 2 N–H and O–H groups in total. The number of hydrogen-bond acceptors (Lipinski definition) is 5. The Morgan fingerprint density at radius 2 is 1.89 bits per heavy atom. The average Bonchev–Trinajstić information content (AvgIpc) is 3.28. The largest absolute Gasteiger partial charge is 0.369 e. The van der Waals surface area contributed by atoms with E-state index in [2.05, 4.69) is 16.5 Å². The van der Waals surface area contributed by atoms with Crippen LogP contribution in [0.15, 0.2) is 48.8 Å². The lowest BCUT2D eigenvalue weighted by molar-refractivity contribution is -0.120. The van der Waals surface area contributed by atoms with Crippen molar-refractivity contribution in [2.45, 2.75) is 31.7 Å². The van der Waals surface area contributed by atoms with Crippen molar-refractivity contribution in [1.29, 1.82) is 0 Å². The number of benzene rings is 1. The number of imidazole rings is 1. The summed E-state index contributed by atoms with van der Waals surface area (Å²) in [6, 6.07) is 11.6. The third-order valence-corrected chi connectivity index (χ3v) is 5.34. The molecule has 0 unspecified atom stereocenters. The Balaban J connectivity index is 1.78. The first-order valence-corrected chi connectivity index (χ1v) is 9.27. The van der Waals surface area contributed by atoms with Crippen LogP contribution >= 0.6 is 0 Å². The van der Waals surface area contributed by atoms with Crippen molar-refractivity contribution in [3.8, 4) is 17.3 Å². The second kappa shape index (κ2) is 5.98. The molecule has 1 aliphatic rings. The molecule has 1 saturated carbocycles. The number of nitrogens with two attached hydrogens (primary N) is 1. The highest BCUT2D eigenvalue weighted by Gasteiger charge is 2.54. The molecule has 0 atom stereocenters. The molecular weight excluding hydrogens is 354 g/mol. The maximum absolute atomic E-state index is 12.2. The van der Waals surface area contributed by atoms with Crippen LogP contribution in [0.5, 0.6) is 0 Å². The fraction of sp³-hybridized carbons (Fsp3) is 0.250. The van der Waals surface area contributed by atoms with E-state index in [9.17, 15) is 4.79 Å². The Kier molecular flexibility index (Phi) is 3.55. The van der Waals surface area contributed by atoms with Gasteiger partial charge in [-0.25, -0.2) is 9.97 Å². The van der Waals surface area contributed by atoms with Crippen LogP contribution in [-0.4, -0.2) is 35.2 Å². The summed E-state index contributed by atoms with van der Waals surface area (Å²) in [4.78, 5) is 25.8. The summed E-state index contributed by atoms with van der Waals surface area (Å²) in [5, 5.41) is 4.73. The molecular formula is C20H19N7O. The fourth-order valence-corrected chi connectivity index (χ4v) is 3.63. The van der Waals surface area contributed by atoms with Gasteiger partial charge in [0.25, 0.3) is 0 Å². The lowest BCUT2D eigenvalue weighted by Crippen LogP contribution is -2.31. The minimum absolute atomic E-state index is 0.374. The predicted octanol–water partition coefficient (Wildman–Crippen LogP) is 2.22. The summed E-state index contributed by atoms with van der Waals surface area (Å²) in [5.74, 6) is 1.34. The first-order chi connectivity index (χ1) is 13.6. The monoisotopic (exact) mass is 373 g/mol. The summed E-state index contributed by atoms with van der Waals surface area (Å²) < 4.78 is 3.76. The smallest absolute Gasteiger partial charge is 0.233 e. The molecule has 0 aliphatic heterocycles. The van der Waals surface area contributed by atoms with Crippen LogP contribution < -0.4 is 5.73 Å². The summed E-state index contributed by atoms with van der Waals surface area (Å²) in [5.41, 5.74) is 7.67. The van der Waals surface area contributed by atoms with E-state index in [4.69, 9.17) is 20.8 Å². The van der Waals surface area contributed by atoms with Gasteiger partial charge in [-0.2, -0.15) is 4.68 Å². The van der Waals surface area contributed by atoms with Crippen LogP contribution in [0.2, 0.25) is 0 Å². The van der Waals surface area contributed by atoms with E-state index < -0.39 is 5.41 Å². The van der Waals surface area contributed by atoms with E-state index in [0.29, 0.717) is 37.0 Å². The molecule has 5 rings (SSSR count). The average molecular weight is 373 g/mol. The van der Waals surface area contributed by atoms with Crippen LogP contribution in [0.3, 0.4) is 0 Å². The van der Waals surface area contributed by atoms with Gasteiger partial charge in [-0.1, -0.05) is 12.1 Å². The van der Waals surface area contributed by atoms with Crippen LogP contribution in [-0.2, 0) is 16.8 Å². The van der Waals surface area contributed by atoms with Gasteiger partial charge >= 0.3 is 0 Å². The molecule has 0 spiro atoms. The van der Waals surface area contributed by atoms with Gasteiger partial charge in [0.2, 0.25) is 11.9 Å². The van der Waals surface area contributed by atoms with Crippen molar-refractivity contribution < 1.29 is 4.79 Å². The van der Waals surface area contributed by atoms with Gasteiger partial charge in [0.15, 0.2) is 11.6 Å². The zero-order chi connectivity index (χ0) is 19.3. The first kappa shape index (κ1) is 16.6. The van der Waals surface area contributed by atoms with Crippen molar-refractivity contribution in [3.05, 3.63) is 54.6 Å². The van der Waals surface area contributed by atoms with E-state index in [-0.39, 0.29) is 5.91 Å². The molecule has 1 amide bonds. The Morgan fingerprint density at radius 1 is 1.14 bits per heavy atom. The number of aromatic nitrogens is 6. The molecule has 8 heteroatoms. The topological polar surface area (TPSA) is 105 Å². The van der Waals surface area contributed by atoms with Gasteiger partial charge in [-0.05, 0) is 44.0 Å². The van der Waals surface area contributed by atoms with E-state index >= 15 is 0 Å². The van der Waals surface area contributed by atoms with Crippen molar-refractivity contribution in [3.63, 3.8) is 0 Å². The lowest BCUT2D eigenvalue weighted by atomic mass is 10.1. The molecule has 140 valence electrons. The highest BCUT2D eigenvalue weighted by molar-refractivity contribution is 5.89. The molecule has 8 nitrogen and oxygen atoms in total. The minimum Gasteiger partial charge on any atom is -0.369 e. The van der Waals surface area contributed by atoms with Gasteiger partial charge < -0.3 is 10.3 Å². The third kappa shape index (κ3) is 2.34. The molecule has 28 heavy (non-hydrogen) atoms. The number of para-hydroxylation sites is 2. The van der Waals surface area contributed by atoms with E-state index in [1.807, 2.05) is 36.4 Å². The standard InChI is InChI=1S/C20H19N7O/c1-2-26-15-6-4-3-5-14(15)23-19(26)27-18(20(9-10-20)17(21)28)24-16(25-27)13-7-11-22-12-8-13/h3-8,11-12H,2,9-10H2,1H3,(H2,21,28). The molecule has 0 saturated heterocycles. The van der Waals surface area contributed by atoms with Crippen molar-refractivity contribution in [2.75, 3.05) is 0 Å². The number of carbonyl (C=O) groups is 1. The number of rotatable bonds is 5. The van der Waals surface area contributed by atoms with Crippen molar-refractivity contribution >= 4 is 16.9 Å². The van der Waals surface area contributed by atoms with E-state index in [1.54, 1.807) is 17.1 Å². The Bertz CT molecular complexity index is 1190. The van der Waals surface area contributed by atoms with Crippen LogP contribution in [0.25, 0.3) is 28.4 Å². The highest BCUT2D eigenvalue weighted by atomic mass is 16.1. The number of hydrogen-bond donors (Lipinski definition) is 1. The second-order valence-corrected chi connectivity index (χ2v) is 7.00. The zero-order valence-corrected chi connectivity index (χ0v) is 15.4. The first-order valence-electron chi connectivity index (χ1n) is 9.27. The number of carbonyl (C=O) groups excluding carboxylic acids is 1. The van der Waals surface area contributed by atoms with Crippen molar-refractivity contribution in [2.24, 2.45) is 5.73 Å². The van der Waals surface area contributed by atoms with Gasteiger partial charge in [-0.3, -0.25) is 9.78 Å². The number of aryl methyl sites for hydroxylation is 1. The molecule has 3 aromatic heterocycles. The Hall–Kier alpha value is -3.55. The molecule has 3 heterocycles. The van der Waals surface area contributed by atoms with Gasteiger partial charge in [-0.15, -0.1) is 5.10 Å². The summed E-state index contributed by atoms with van der Waals surface area (Å²) in [6.07, 6.45) is 4.72. The molecule has 1 fully saturated rings. The fourth-order valence-electron chi connectivity index (χ4n) is 3.63. The number of amides is 1. The summed E-state index contributed by atoms with van der Waals surface area (Å²) in [7, 11) is 0. The van der Waals surface area contributed by atoms with Gasteiger partial charge in [0.05, 0.1) is 11.0 Å². The SMILES string of the molecule is CCn1c(-n2nc(-c3ccncc3)nc2C2(C(N)=O)CC2)nc2ccccc21. The lowest BCUT2D eigenvalue weighted by Gasteiger charge is -2.12. The quantitative estimate of drug-likeness (QED) is 0.577. The van der Waals surface area contributed by atoms with Gasteiger partial charge in [0, 0.05) is 24.5 Å². The van der Waals surface area contributed by atoms with Crippen LogP contribution in [0, 0.1) is 0 Å². The number of pyridine rings is 1. The zero-order valence-electron chi connectivity index (χ0n) is 15.4. The normalized spacial score (nSPS) is 15.0. The Labute approximate surface area is 161 Å².